The van der Waals surface area contributed by atoms with Gasteiger partial charge in [-0.2, -0.15) is 0 Å². The average molecular weight is 365 g/mol. The van der Waals surface area contributed by atoms with Gasteiger partial charge < -0.3 is 10.6 Å². The van der Waals surface area contributed by atoms with E-state index in [2.05, 4.69) is 15.5 Å². The lowest BCUT2D eigenvalue weighted by Gasteiger charge is -2.41. The zero-order chi connectivity index (χ0) is 18.5. The van der Waals surface area contributed by atoms with Crippen LogP contribution in [0.5, 0.6) is 0 Å². The second-order valence-electron chi connectivity index (χ2n) is 7.28. The minimum atomic E-state index is -1.03. The molecule has 0 aromatic heterocycles. The third-order valence-electron chi connectivity index (χ3n) is 5.39. The van der Waals surface area contributed by atoms with Crippen LogP contribution < -0.4 is 10.6 Å². The molecule has 26 heavy (non-hydrogen) atoms. The Balaban J connectivity index is 1.39. The van der Waals surface area contributed by atoms with Gasteiger partial charge in [0.15, 0.2) is 11.6 Å². The first kappa shape index (κ1) is 18.8. The predicted molar refractivity (Wildman–Crippen MR) is 94.5 cm³/mol. The molecule has 0 bridgehead atoms. The van der Waals surface area contributed by atoms with E-state index in [4.69, 9.17) is 0 Å². The number of fused-ring (bicyclic) bond motifs is 1. The van der Waals surface area contributed by atoms with E-state index in [1.54, 1.807) is 0 Å². The number of hydrogen-bond acceptors (Lipinski definition) is 3. The van der Waals surface area contributed by atoms with Gasteiger partial charge in [-0.1, -0.05) is 19.3 Å². The Morgan fingerprint density at radius 2 is 1.81 bits per heavy atom. The summed E-state index contributed by atoms with van der Waals surface area (Å²) in [6.07, 6.45) is 6.32. The second-order valence-corrected chi connectivity index (χ2v) is 7.28. The Morgan fingerprint density at radius 1 is 1.04 bits per heavy atom. The second kappa shape index (κ2) is 8.58. The highest BCUT2D eigenvalue weighted by molar-refractivity contribution is 5.94. The predicted octanol–water partition coefficient (Wildman–Crippen LogP) is 2.53. The van der Waals surface area contributed by atoms with Crippen molar-refractivity contribution in [3.8, 4) is 0 Å². The standard InChI is InChI=1S/C19H25F2N3O2/c20-16-6-5-15(9-17(16)21)23-18(25)10-22-19(26)12-24-8-7-13-3-1-2-4-14(13)11-24/h5-6,9,13-14H,1-4,7-8,10-12H2,(H,22,26)(H,23,25)/t13-,14+/m0/s1. The van der Waals surface area contributed by atoms with Gasteiger partial charge in [-0.3, -0.25) is 14.5 Å². The van der Waals surface area contributed by atoms with Crippen molar-refractivity contribution in [1.82, 2.24) is 10.2 Å². The molecular formula is C19H25F2N3O2. The molecule has 0 radical (unpaired) electrons. The third-order valence-corrected chi connectivity index (χ3v) is 5.39. The Bertz CT molecular complexity index is 668. The van der Waals surface area contributed by atoms with E-state index < -0.39 is 17.5 Å². The van der Waals surface area contributed by atoms with Gasteiger partial charge >= 0.3 is 0 Å². The molecule has 2 aliphatic rings. The number of halogens is 2. The Kier molecular flexibility index (Phi) is 6.19. The summed E-state index contributed by atoms with van der Waals surface area (Å²) in [6, 6.07) is 3.12. The Labute approximate surface area is 152 Å². The van der Waals surface area contributed by atoms with Gasteiger partial charge in [-0.15, -0.1) is 0 Å². The number of carbonyl (C=O) groups is 2. The van der Waals surface area contributed by atoms with Crippen molar-refractivity contribution in [2.45, 2.75) is 32.1 Å². The summed E-state index contributed by atoms with van der Waals surface area (Å²) in [6.45, 7) is 1.98. The van der Waals surface area contributed by atoms with Gasteiger partial charge in [0.25, 0.3) is 0 Å². The van der Waals surface area contributed by atoms with Crippen LogP contribution in [0.2, 0.25) is 0 Å². The molecule has 1 aromatic rings. The summed E-state index contributed by atoms with van der Waals surface area (Å²) in [4.78, 5) is 26.1. The quantitative estimate of drug-likeness (QED) is 0.843. The van der Waals surface area contributed by atoms with Crippen LogP contribution in [0.4, 0.5) is 14.5 Å². The monoisotopic (exact) mass is 365 g/mol. The van der Waals surface area contributed by atoms with Crippen LogP contribution in [-0.4, -0.2) is 42.9 Å². The maximum atomic E-state index is 13.1. The van der Waals surface area contributed by atoms with Crippen molar-refractivity contribution in [3.63, 3.8) is 0 Å². The number of benzene rings is 1. The number of amides is 2. The van der Waals surface area contributed by atoms with Crippen LogP contribution in [0.3, 0.4) is 0 Å². The zero-order valence-corrected chi connectivity index (χ0v) is 14.8. The molecule has 5 nitrogen and oxygen atoms in total. The first-order valence-corrected chi connectivity index (χ1v) is 9.25. The van der Waals surface area contributed by atoms with E-state index in [0.717, 1.165) is 37.6 Å². The number of carbonyl (C=O) groups excluding carboxylic acids is 2. The van der Waals surface area contributed by atoms with Crippen LogP contribution in [-0.2, 0) is 9.59 Å². The van der Waals surface area contributed by atoms with Crippen molar-refractivity contribution in [3.05, 3.63) is 29.8 Å². The first-order chi connectivity index (χ1) is 12.5. The molecule has 3 rings (SSSR count). The van der Waals surface area contributed by atoms with E-state index in [9.17, 15) is 18.4 Å². The van der Waals surface area contributed by atoms with Gasteiger partial charge in [0.1, 0.15) is 0 Å². The van der Waals surface area contributed by atoms with Crippen molar-refractivity contribution in [1.29, 1.82) is 0 Å². The normalized spacial score (nSPS) is 23.2. The van der Waals surface area contributed by atoms with Crippen molar-refractivity contribution in [2.75, 3.05) is 31.5 Å². The topological polar surface area (TPSA) is 61.4 Å². The summed E-state index contributed by atoms with van der Waals surface area (Å²) in [7, 11) is 0. The third kappa shape index (κ3) is 5.00. The molecule has 2 amide bonds. The smallest absolute Gasteiger partial charge is 0.243 e. The highest BCUT2D eigenvalue weighted by Gasteiger charge is 2.31. The maximum absolute atomic E-state index is 13.1. The summed E-state index contributed by atoms with van der Waals surface area (Å²) in [5, 5.41) is 5.02. The Hall–Kier alpha value is -2.02. The van der Waals surface area contributed by atoms with Crippen LogP contribution in [0.15, 0.2) is 18.2 Å². The molecule has 1 saturated heterocycles. The van der Waals surface area contributed by atoms with Crippen LogP contribution in [0.1, 0.15) is 32.1 Å². The van der Waals surface area contributed by atoms with Gasteiger partial charge in [-0.05, 0) is 43.4 Å². The van der Waals surface area contributed by atoms with Crippen LogP contribution in [0, 0.1) is 23.5 Å². The fourth-order valence-electron chi connectivity index (χ4n) is 4.04. The number of likely N-dealkylation sites (tertiary alicyclic amines) is 1. The Morgan fingerprint density at radius 3 is 2.58 bits per heavy atom. The van der Waals surface area contributed by atoms with Crippen molar-refractivity contribution >= 4 is 17.5 Å². The summed E-state index contributed by atoms with van der Waals surface area (Å²) >= 11 is 0. The number of rotatable bonds is 5. The molecule has 2 fully saturated rings. The average Bonchev–Trinajstić information content (AvgIpc) is 2.63. The molecular weight excluding hydrogens is 340 g/mol. The van der Waals surface area contributed by atoms with Crippen LogP contribution in [0.25, 0.3) is 0 Å². The lowest BCUT2D eigenvalue weighted by atomic mass is 9.75. The minimum absolute atomic E-state index is 0.155. The number of nitrogens with one attached hydrogen (secondary N) is 2. The number of hydrogen-bond donors (Lipinski definition) is 2. The van der Waals surface area contributed by atoms with Gasteiger partial charge in [0.2, 0.25) is 11.8 Å². The molecule has 1 aromatic carbocycles. The fourth-order valence-corrected chi connectivity index (χ4v) is 4.04. The van der Waals surface area contributed by atoms with Crippen LogP contribution >= 0.6 is 0 Å². The minimum Gasteiger partial charge on any atom is -0.346 e. The molecule has 0 spiro atoms. The van der Waals surface area contributed by atoms with E-state index in [1.807, 2.05) is 0 Å². The molecule has 1 aliphatic heterocycles. The zero-order valence-electron chi connectivity index (χ0n) is 14.8. The lowest BCUT2D eigenvalue weighted by molar-refractivity contribution is -0.125. The van der Waals surface area contributed by atoms with Crippen molar-refractivity contribution < 1.29 is 18.4 Å². The lowest BCUT2D eigenvalue weighted by Crippen LogP contribution is -2.47. The van der Waals surface area contributed by atoms with E-state index in [-0.39, 0.29) is 18.1 Å². The molecule has 7 heteroatoms. The molecule has 1 heterocycles. The summed E-state index contributed by atoms with van der Waals surface area (Å²) in [5.74, 6) is -1.17. The maximum Gasteiger partial charge on any atom is 0.243 e. The van der Waals surface area contributed by atoms with E-state index in [0.29, 0.717) is 12.5 Å². The highest BCUT2D eigenvalue weighted by Crippen LogP contribution is 2.35. The van der Waals surface area contributed by atoms with Crippen molar-refractivity contribution in [2.24, 2.45) is 11.8 Å². The molecule has 2 N–H and O–H groups in total. The number of anilines is 1. The van der Waals surface area contributed by atoms with E-state index in [1.165, 1.54) is 31.7 Å². The molecule has 0 unspecified atom stereocenters. The molecule has 1 aliphatic carbocycles. The SMILES string of the molecule is O=C(CN1CC[C@@H]2CCCC[C@@H]2C1)NCC(=O)Nc1ccc(F)c(F)c1. The molecule has 142 valence electrons. The van der Waals surface area contributed by atoms with Gasteiger partial charge in [-0.25, -0.2) is 8.78 Å². The summed E-state index contributed by atoms with van der Waals surface area (Å²) < 4.78 is 26.0. The summed E-state index contributed by atoms with van der Waals surface area (Å²) in [5.41, 5.74) is 0.155. The van der Waals surface area contributed by atoms with E-state index >= 15 is 0 Å². The largest absolute Gasteiger partial charge is 0.346 e. The first-order valence-electron chi connectivity index (χ1n) is 9.25. The molecule has 2 atom stereocenters. The van der Waals surface area contributed by atoms with Gasteiger partial charge in [0.05, 0.1) is 13.1 Å². The number of nitrogens with zero attached hydrogens (tertiary/aromatic N) is 1. The van der Waals surface area contributed by atoms with Gasteiger partial charge in [0, 0.05) is 18.3 Å². The number of piperidine rings is 1. The molecule has 1 saturated carbocycles. The highest BCUT2D eigenvalue weighted by atomic mass is 19.2. The fraction of sp³-hybridized carbons (Fsp3) is 0.579.